The number of ketones is 1. The number of ether oxygens (including phenoxy) is 1. The summed E-state index contributed by atoms with van der Waals surface area (Å²) in [5, 5.41) is 0. The van der Waals surface area contributed by atoms with Crippen LogP contribution in [0.5, 0.6) is 0 Å². The molecule has 0 aliphatic carbocycles. The van der Waals surface area contributed by atoms with Gasteiger partial charge in [0, 0.05) is 17.4 Å². The maximum absolute atomic E-state index is 13.3. The van der Waals surface area contributed by atoms with Gasteiger partial charge in [-0.25, -0.2) is 9.18 Å². The van der Waals surface area contributed by atoms with Gasteiger partial charge in [0.1, 0.15) is 18.5 Å². The van der Waals surface area contributed by atoms with Gasteiger partial charge in [-0.15, -0.1) is 11.8 Å². The van der Waals surface area contributed by atoms with E-state index in [1.54, 1.807) is 0 Å². The number of halogens is 1. The van der Waals surface area contributed by atoms with E-state index in [0.29, 0.717) is 11.6 Å². The standard InChI is InChI=1S/C24H24FNO4S/c1-15-9-16(2)20(17(3)10-15)12-30-24(29)21-13-31-14-26(21)23(28)8-7-22(27)18-5-4-6-19(25)11-18/h4-11,21H,12-14H2,1-3H3. The minimum absolute atomic E-state index is 0.147. The fraction of sp³-hybridized carbons (Fsp3) is 0.292. The van der Waals surface area contributed by atoms with Crippen LogP contribution in [0.4, 0.5) is 4.39 Å². The van der Waals surface area contributed by atoms with Crippen LogP contribution >= 0.6 is 11.8 Å². The molecule has 2 aromatic rings. The summed E-state index contributed by atoms with van der Waals surface area (Å²) < 4.78 is 18.8. The van der Waals surface area contributed by atoms with E-state index in [-0.39, 0.29) is 12.2 Å². The zero-order valence-electron chi connectivity index (χ0n) is 17.7. The molecule has 3 rings (SSSR count). The van der Waals surface area contributed by atoms with Crippen molar-refractivity contribution in [2.24, 2.45) is 0 Å². The third-order valence-corrected chi connectivity index (χ3v) is 6.14. The van der Waals surface area contributed by atoms with Gasteiger partial charge in [0.15, 0.2) is 5.78 Å². The number of allylic oxidation sites excluding steroid dienone is 1. The number of carbonyl (C=O) groups is 3. The molecule has 0 saturated carbocycles. The van der Waals surface area contributed by atoms with Crippen LogP contribution in [0.2, 0.25) is 0 Å². The number of amides is 1. The van der Waals surface area contributed by atoms with E-state index < -0.39 is 29.5 Å². The van der Waals surface area contributed by atoms with Gasteiger partial charge in [0.05, 0.1) is 5.88 Å². The molecule has 31 heavy (non-hydrogen) atoms. The smallest absolute Gasteiger partial charge is 0.330 e. The van der Waals surface area contributed by atoms with Crippen LogP contribution < -0.4 is 0 Å². The molecule has 0 radical (unpaired) electrons. The highest BCUT2D eigenvalue weighted by Crippen LogP contribution is 2.24. The van der Waals surface area contributed by atoms with Gasteiger partial charge >= 0.3 is 5.97 Å². The number of carbonyl (C=O) groups excluding carboxylic acids is 3. The van der Waals surface area contributed by atoms with E-state index >= 15 is 0 Å². The van der Waals surface area contributed by atoms with Crippen LogP contribution in [0.25, 0.3) is 0 Å². The molecule has 0 aromatic heterocycles. The van der Waals surface area contributed by atoms with Gasteiger partial charge in [-0.05, 0) is 55.7 Å². The van der Waals surface area contributed by atoms with Crippen LogP contribution in [-0.4, -0.2) is 40.2 Å². The lowest BCUT2D eigenvalue weighted by atomic mass is 10.0. The highest BCUT2D eigenvalue weighted by Gasteiger charge is 2.35. The molecule has 7 heteroatoms. The first kappa shape index (κ1) is 22.7. The Morgan fingerprint density at radius 3 is 2.52 bits per heavy atom. The average molecular weight is 442 g/mol. The second-order valence-electron chi connectivity index (χ2n) is 7.52. The summed E-state index contributed by atoms with van der Waals surface area (Å²) in [4.78, 5) is 38.8. The van der Waals surface area contributed by atoms with Crippen molar-refractivity contribution in [3.05, 3.63) is 82.2 Å². The lowest BCUT2D eigenvalue weighted by Crippen LogP contribution is -2.42. The second-order valence-corrected chi connectivity index (χ2v) is 8.52. The molecular formula is C24H24FNO4S. The molecule has 1 aliphatic heterocycles. The van der Waals surface area contributed by atoms with E-state index in [0.717, 1.165) is 40.5 Å². The maximum Gasteiger partial charge on any atom is 0.330 e. The molecule has 1 unspecified atom stereocenters. The molecule has 2 aromatic carbocycles. The monoisotopic (exact) mass is 441 g/mol. The summed E-state index contributed by atoms with van der Waals surface area (Å²) in [6.45, 7) is 6.12. The van der Waals surface area contributed by atoms with Gasteiger partial charge in [-0.3, -0.25) is 9.59 Å². The number of rotatable bonds is 6. The minimum Gasteiger partial charge on any atom is -0.459 e. The van der Waals surface area contributed by atoms with Crippen LogP contribution in [0.1, 0.15) is 32.6 Å². The molecule has 1 aliphatic rings. The van der Waals surface area contributed by atoms with Gasteiger partial charge < -0.3 is 9.64 Å². The quantitative estimate of drug-likeness (QED) is 0.383. The van der Waals surface area contributed by atoms with Crippen molar-refractivity contribution in [2.75, 3.05) is 11.6 Å². The average Bonchev–Trinajstić information content (AvgIpc) is 3.21. The second kappa shape index (κ2) is 9.92. The first-order valence-corrected chi connectivity index (χ1v) is 11.0. The van der Waals surface area contributed by atoms with Gasteiger partial charge in [-0.1, -0.05) is 29.8 Å². The lowest BCUT2D eigenvalue weighted by molar-refractivity contribution is -0.152. The summed E-state index contributed by atoms with van der Waals surface area (Å²) in [7, 11) is 0. The van der Waals surface area contributed by atoms with Crippen LogP contribution in [-0.2, 0) is 20.9 Å². The summed E-state index contributed by atoms with van der Waals surface area (Å²) in [5.74, 6) is -1.17. The van der Waals surface area contributed by atoms with Crippen LogP contribution in [0.3, 0.4) is 0 Å². The normalized spacial score (nSPS) is 16.0. The molecule has 1 amide bonds. The molecule has 1 fully saturated rings. The van der Waals surface area contributed by atoms with Crippen molar-refractivity contribution in [3.8, 4) is 0 Å². The fourth-order valence-corrected chi connectivity index (χ4v) is 4.66. The van der Waals surface area contributed by atoms with Crippen molar-refractivity contribution in [3.63, 3.8) is 0 Å². The van der Waals surface area contributed by atoms with Gasteiger partial charge in [0.25, 0.3) is 0 Å². The predicted octanol–water partition coefficient (Wildman–Crippen LogP) is 4.13. The first-order chi connectivity index (χ1) is 14.8. The van der Waals surface area contributed by atoms with E-state index in [1.165, 1.54) is 34.9 Å². The summed E-state index contributed by atoms with van der Waals surface area (Å²) >= 11 is 1.45. The third-order valence-electron chi connectivity index (χ3n) is 5.12. The third kappa shape index (κ3) is 5.61. The van der Waals surface area contributed by atoms with Crippen molar-refractivity contribution in [1.29, 1.82) is 0 Å². The van der Waals surface area contributed by atoms with Crippen LogP contribution in [0.15, 0.2) is 48.6 Å². The number of benzene rings is 2. The zero-order chi connectivity index (χ0) is 22.5. The summed E-state index contributed by atoms with van der Waals surface area (Å²) in [6, 6.07) is 8.62. The molecule has 5 nitrogen and oxygen atoms in total. The fourth-order valence-electron chi connectivity index (χ4n) is 3.51. The Morgan fingerprint density at radius 2 is 1.84 bits per heavy atom. The van der Waals surface area contributed by atoms with Crippen molar-refractivity contribution in [2.45, 2.75) is 33.4 Å². The Kier molecular flexibility index (Phi) is 7.28. The number of nitrogens with zero attached hydrogens (tertiary/aromatic N) is 1. The van der Waals surface area contributed by atoms with Crippen molar-refractivity contribution < 1.29 is 23.5 Å². The Bertz CT molecular complexity index is 1030. The number of esters is 1. The highest BCUT2D eigenvalue weighted by molar-refractivity contribution is 7.99. The van der Waals surface area contributed by atoms with Crippen LogP contribution in [0, 0.1) is 26.6 Å². The molecule has 0 spiro atoms. The van der Waals surface area contributed by atoms with E-state index in [2.05, 4.69) is 0 Å². The maximum atomic E-state index is 13.3. The highest BCUT2D eigenvalue weighted by atomic mass is 32.2. The molecule has 1 atom stereocenters. The Balaban J connectivity index is 1.63. The SMILES string of the molecule is Cc1cc(C)c(COC(=O)C2CSCN2C(=O)C=CC(=O)c2cccc(F)c2)c(C)c1. The van der Waals surface area contributed by atoms with Gasteiger partial charge in [0.2, 0.25) is 5.91 Å². The topological polar surface area (TPSA) is 63.7 Å². The van der Waals surface area contributed by atoms with Crippen molar-refractivity contribution in [1.82, 2.24) is 4.90 Å². The van der Waals surface area contributed by atoms with Crippen molar-refractivity contribution >= 4 is 29.4 Å². The summed E-state index contributed by atoms with van der Waals surface area (Å²) in [6.07, 6.45) is 2.22. The minimum atomic E-state index is -0.711. The number of hydrogen-bond acceptors (Lipinski definition) is 5. The number of aryl methyl sites for hydroxylation is 3. The Morgan fingerprint density at radius 1 is 1.13 bits per heavy atom. The molecule has 162 valence electrons. The van der Waals surface area contributed by atoms with Gasteiger partial charge in [-0.2, -0.15) is 0 Å². The molecule has 1 saturated heterocycles. The Hall–Kier alpha value is -2.93. The van der Waals surface area contributed by atoms with E-state index in [4.69, 9.17) is 4.74 Å². The Labute approximate surface area is 185 Å². The molecule has 0 bridgehead atoms. The molecule has 0 N–H and O–H groups in total. The number of hydrogen-bond donors (Lipinski definition) is 0. The predicted molar refractivity (Wildman–Crippen MR) is 118 cm³/mol. The number of thioether (sulfide) groups is 1. The summed E-state index contributed by atoms with van der Waals surface area (Å²) in [5.41, 5.74) is 4.37. The van der Waals surface area contributed by atoms with E-state index in [1.807, 2.05) is 32.9 Å². The first-order valence-electron chi connectivity index (χ1n) is 9.86. The van der Waals surface area contributed by atoms with E-state index in [9.17, 15) is 18.8 Å². The zero-order valence-corrected chi connectivity index (χ0v) is 18.5. The lowest BCUT2D eigenvalue weighted by Gasteiger charge is -2.21. The molecular weight excluding hydrogens is 417 g/mol. The molecule has 1 heterocycles. The largest absolute Gasteiger partial charge is 0.459 e.